The van der Waals surface area contributed by atoms with Gasteiger partial charge in [-0.3, -0.25) is 4.79 Å². The monoisotopic (exact) mass is 370 g/mol. The number of amides is 1. The van der Waals surface area contributed by atoms with E-state index in [1.165, 1.54) is 0 Å². The van der Waals surface area contributed by atoms with E-state index in [2.05, 4.69) is 15.4 Å². The molecule has 26 heavy (non-hydrogen) atoms. The second kappa shape index (κ2) is 7.46. The molecule has 0 aliphatic rings. The molecule has 3 rings (SSSR count). The van der Waals surface area contributed by atoms with Gasteiger partial charge in [-0.25, -0.2) is 9.50 Å². The zero-order chi connectivity index (χ0) is 18.8. The van der Waals surface area contributed by atoms with Crippen molar-refractivity contribution in [3.63, 3.8) is 0 Å². The van der Waals surface area contributed by atoms with E-state index < -0.39 is 0 Å². The molecule has 3 aromatic rings. The number of aromatic nitrogens is 3. The van der Waals surface area contributed by atoms with Crippen molar-refractivity contribution in [3.05, 3.63) is 63.6 Å². The van der Waals surface area contributed by atoms with Gasteiger partial charge >= 0.3 is 0 Å². The van der Waals surface area contributed by atoms with Crippen molar-refractivity contribution in [1.29, 1.82) is 0 Å². The third-order valence-electron chi connectivity index (χ3n) is 4.61. The molecule has 0 saturated carbocycles. The van der Waals surface area contributed by atoms with E-state index in [1.54, 1.807) is 0 Å². The third-order valence-corrected chi connectivity index (χ3v) is 4.85. The van der Waals surface area contributed by atoms with E-state index in [0.717, 1.165) is 33.9 Å². The van der Waals surface area contributed by atoms with Crippen molar-refractivity contribution >= 4 is 23.2 Å². The van der Waals surface area contributed by atoms with Gasteiger partial charge in [0.2, 0.25) is 5.91 Å². The third kappa shape index (κ3) is 3.88. The highest BCUT2D eigenvalue weighted by Crippen LogP contribution is 2.19. The highest BCUT2D eigenvalue weighted by Gasteiger charge is 2.14. The lowest BCUT2D eigenvalue weighted by Crippen LogP contribution is -2.27. The van der Waals surface area contributed by atoms with E-state index in [1.807, 2.05) is 62.5 Å². The highest BCUT2D eigenvalue weighted by molar-refractivity contribution is 6.30. The number of rotatable bonds is 5. The first-order valence-electron chi connectivity index (χ1n) is 8.72. The summed E-state index contributed by atoms with van der Waals surface area (Å²) >= 11 is 6.02. The predicted molar refractivity (Wildman–Crippen MR) is 104 cm³/mol. The van der Waals surface area contributed by atoms with Gasteiger partial charge in [-0.1, -0.05) is 23.7 Å². The second-order valence-corrected chi connectivity index (χ2v) is 7.10. The fourth-order valence-electron chi connectivity index (χ4n) is 3.21. The lowest BCUT2D eigenvalue weighted by Gasteiger charge is -2.15. The zero-order valence-corrected chi connectivity index (χ0v) is 16.3. The lowest BCUT2D eigenvalue weighted by molar-refractivity contribution is -0.121. The van der Waals surface area contributed by atoms with Crippen LogP contribution in [0, 0.1) is 20.8 Å². The standard InChI is InChI=1S/C20H23ClN4O/c1-12-10-19-22-14(3)18(15(4)25(19)24-12)8-9-20(26)23-13(2)16-6-5-7-17(21)11-16/h5-7,10-11,13H,8-9H2,1-4H3,(H,23,26)/t13-/m1/s1. The first-order valence-corrected chi connectivity index (χ1v) is 9.10. The average molecular weight is 371 g/mol. The molecule has 2 heterocycles. The molecule has 0 radical (unpaired) electrons. The average Bonchev–Trinajstić information content (AvgIpc) is 2.95. The molecule has 0 fully saturated rings. The van der Waals surface area contributed by atoms with Gasteiger partial charge in [0.25, 0.3) is 0 Å². The Kier molecular flexibility index (Phi) is 5.28. The molecular weight excluding hydrogens is 348 g/mol. The molecule has 0 aliphatic carbocycles. The minimum absolute atomic E-state index is 0.00742. The molecule has 1 amide bonds. The zero-order valence-electron chi connectivity index (χ0n) is 15.5. The van der Waals surface area contributed by atoms with Crippen LogP contribution in [0.3, 0.4) is 0 Å². The summed E-state index contributed by atoms with van der Waals surface area (Å²) in [4.78, 5) is 17.0. The van der Waals surface area contributed by atoms with Gasteiger partial charge < -0.3 is 5.32 Å². The number of fused-ring (bicyclic) bond motifs is 1. The van der Waals surface area contributed by atoms with Crippen molar-refractivity contribution in [1.82, 2.24) is 19.9 Å². The number of nitrogens with one attached hydrogen (secondary N) is 1. The Morgan fingerprint density at radius 3 is 2.77 bits per heavy atom. The normalized spacial score (nSPS) is 12.3. The Bertz CT molecular complexity index is 964. The number of benzene rings is 1. The van der Waals surface area contributed by atoms with Crippen LogP contribution in [0.15, 0.2) is 30.3 Å². The molecule has 1 atom stereocenters. The first kappa shape index (κ1) is 18.4. The Labute approximate surface area is 158 Å². The van der Waals surface area contributed by atoms with Crippen molar-refractivity contribution in [2.45, 2.75) is 46.6 Å². The van der Waals surface area contributed by atoms with Crippen molar-refractivity contribution in [2.75, 3.05) is 0 Å². The number of aryl methyl sites for hydroxylation is 3. The lowest BCUT2D eigenvalue weighted by atomic mass is 10.1. The number of hydrogen-bond acceptors (Lipinski definition) is 3. The van der Waals surface area contributed by atoms with Crippen molar-refractivity contribution in [2.24, 2.45) is 0 Å². The maximum absolute atomic E-state index is 12.4. The van der Waals surface area contributed by atoms with Crippen LogP contribution in [0.2, 0.25) is 5.02 Å². The highest BCUT2D eigenvalue weighted by atomic mass is 35.5. The van der Waals surface area contributed by atoms with Gasteiger partial charge in [-0.15, -0.1) is 0 Å². The van der Waals surface area contributed by atoms with Gasteiger partial charge in [0.05, 0.1) is 11.7 Å². The molecule has 2 aromatic heterocycles. The number of halogens is 1. The smallest absolute Gasteiger partial charge is 0.220 e. The van der Waals surface area contributed by atoms with Crippen LogP contribution >= 0.6 is 11.6 Å². The molecule has 1 aromatic carbocycles. The summed E-state index contributed by atoms with van der Waals surface area (Å²) in [6.07, 6.45) is 1.04. The molecule has 136 valence electrons. The summed E-state index contributed by atoms with van der Waals surface area (Å²) in [5, 5.41) is 8.18. The van der Waals surface area contributed by atoms with Gasteiger partial charge in [-0.05, 0) is 57.4 Å². The van der Waals surface area contributed by atoms with Crippen LogP contribution in [-0.4, -0.2) is 20.5 Å². The minimum atomic E-state index is -0.0854. The number of hydrogen-bond donors (Lipinski definition) is 1. The SMILES string of the molecule is Cc1cc2nc(C)c(CCC(=O)N[C@H](C)c3cccc(Cl)c3)c(C)n2n1. The van der Waals surface area contributed by atoms with E-state index in [4.69, 9.17) is 11.6 Å². The number of carbonyl (C=O) groups excluding carboxylic acids is 1. The molecule has 0 saturated heterocycles. The summed E-state index contributed by atoms with van der Waals surface area (Å²) in [6.45, 7) is 7.92. The van der Waals surface area contributed by atoms with E-state index in [0.29, 0.717) is 17.9 Å². The summed E-state index contributed by atoms with van der Waals surface area (Å²) in [5.74, 6) is 0.00742. The first-order chi connectivity index (χ1) is 12.3. The molecule has 6 heteroatoms. The van der Waals surface area contributed by atoms with Crippen LogP contribution in [0.1, 0.15) is 47.6 Å². The summed E-state index contributed by atoms with van der Waals surface area (Å²) in [7, 11) is 0. The quantitative estimate of drug-likeness (QED) is 0.735. The minimum Gasteiger partial charge on any atom is -0.350 e. The van der Waals surface area contributed by atoms with Gasteiger partial charge in [0.1, 0.15) is 0 Å². The van der Waals surface area contributed by atoms with Crippen LogP contribution in [0.25, 0.3) is 5.65 Å². The number of carbonyl (C=O) groups is 1. The largest absolute Gasteiger partial charge is 0.350 e. The molecule has 5 nitrogen and oxygen atoms in total. The van der Waals surface area contributed by atoms with Gasteiger partial charge in [0, 0.05) is 28.9 Å². The summed E-state index contributed by atoms with van der Waals surface area (Å²) < 4.78 is 1.85. The Morgan fingerprint density at radius 2 is 2.04 bits per heavy atom. The van der Waals surface area contributed by atoms with E-state index in [-0.39, 0.29) is 11.9 Å². The molecule has 0 unspecified atom stereocenters. The van der Waals surface area contributed by atoms with Crippen molar-refractivity contribution < 1.29 is 4.79 Å². The summed E-state index contributed by atoms with van der Waals surface area (Å²) in [6, 6.07) is 9.42. The van der Waals surface area contributed by atoms with Crippen LogP contribution < -0.4 is 5.32 Å². The molecule has 0 aliphatic heterocycles. The Balaban J connectivity index is 1.69. The maximum atomic E-state index is 12.4. The molecule has 0 spiro atoms. The van der Waals surface area contributed by atoms with E-state index in [9.17, 15) is 4.79 Å². The topological polar surface area (TPSA) is 59.3 Å². The number of nitrogens with zero attached hydrogens (tertiary/aromatic N) is 3. The molecular formula is C20H23ClN4O. The Morgan fingerprint density at radius 1 is 1.27 bits per heavy atom. The predicted octanol–water partition coefficient (Wildman–Crippen LogP) is 4.12. The summed E-state index contributed by atoms with van der Waals surface area (Å²) in [5.41, 5.74) is 5.84. The van der Waals surface area contributed by atoms with Crippen LogP contribution in [-0.2, 0) is 11.2 Å². The molecule has 0 bridgehead atoms. The van der Waals surface area contributed by atoms with Crippen molar-refractivity contribution in [3.8, 4) is 0 Å². The van der Waals surface area contributed by atoms with E-state index >= 15 is 0 Å². The van der Waals surface area contributed by atoms with Gasteiger partial charge in [0.15, 0.2) is 5.65 Å². The molecule has 1 N–H and O–H groups in total. The van der Waals surface area contributed by atoms with Crippen LogP contribution in [0.5, 0.6) is 0 Å². The maximum Gasteiger partial charge on any atom is 0.220 e. The fraction of sp³-hybridized carbons (Fsp3) is 0.350. The van der Waals surface area contributed by atoms with Crippen LogP contribution in [0.4, 0.5) is 0 Å². The second-order valence-electron chi connectivity index (χ2n) is 6.66. The Hall–Kier alpha value is -2.40. The van der Waals surface area contributed by atoms with Gasteiger partial charge in [-0.2, -0.15) is 5.10 Å². The fourth-order valence-corrected chi connectivity index (χ4v) is 3.41.